The summed E-state index contributed by atoms with van der Waals surface area (Å²) >= 11 is 12.3. The van der Waals surface area contributed by atoms with Gasteiger partial charge in [-0.1, -0.05) is 23.7 Å². The number of hydrogen-bond donors (Lipinski definition) is 0. The molecule has 0 spiro atoms. The van der Waals surface area contributed by atoms with Crippen molar-refractivity contribution in [3.05, 3.63) is 63.9 Å². The highest BCUT2D eigenvalue weighted by molar-refractivity contribution is 6.30. The van der Waals surface area contributed by atoms with Gasteiger partial charge in [0.05, 0.1) is 12.0 Å². The summed E-state index contributed by atoms with van der Waals surface area (Å²) < 4.78 is 19.4. The molecule has 1 aliphatic rings. The van der Waals surface area contributed by atoms with Crippen LogP contribution in [0.3, 0.4) is 0 Å². The van der Waals surface area contributed by atoms with Crippen LogP contribution in [0.15, 0.2) is 36.4 Å². The molecule has 1 atom stereocenters. The zero-order chi connectivity index (χ0) is 14.1. The zero-order valence-corrected chi connectivity index (χ0v) is 12.2. The molecule has 2 aromatic rings. The van der Waals surface area contributed by atoms with Gasteiger partial charge in [-0.25, -0.2) is 4.39 Å². The molecule has 4 heteroatoms. The van der Waals surface area contributed by atoms with Gasteiger partial charge in [0.25, 0.3) is 0 Å². The van der Waals surface area contributed by atoms with Gasteiger partial charge in [-0.2, -0.15) is 0 Å². The lowest BCUT2D eigenvalue weighted by Gasteiger charge is -2.19. The molecule has 0 amide bonds. The molecule has 0 N–H and O–H groups in total. The largest absolute Gasteiger partial charge is 0.493 e. The molecule has 1 nitrogen and oxygen atoms in total. The van der Waals surface area contributed by atoms with Crippen LogP contribution in [0.1, 0.15) is 28.5 Å². The summed E-state index contributed by atoms with van der Waals surface area (Å²) in [5, 5.41) is -0.0748. The van der Waals surface area contributed by atoms with Crippen molar-refractivity contribution in [3.63, 3.8) is 0 Å². The van der Waals surface area contributed by atoms with Crippen LogP contribution < -0.4 is 4.74 Å². The minimum Gasteiger partial charge on any atom is -0.493 e. The highest BCUT2D eigenvalue weighted by Crippen LogP contribution is 2.35. The summed E-state index contributed by atoms with van der Waals surface area (Å²) in [6, 6.07) is 10.2. The van der Waals surface area contributed by atoms with Gasteiger partial charge in [0.15, 0.2) is 0 Å². The molecule has 104 valence electrons. The first-order valence-electron chi connectivity index (χ1n) is 6.50. The Hall–Kier alpha value is -1.25. The maximum absolute atomic E-state index is 13.9. The van der Waals surface area contributed by atoms with E-state index in [1.165, 1.54) is 12.1 Å². The molecule has 2 aromatic carbocycles. The van der Waals surface area contributed by atoms with Crippen LogP contribution in [-0.2, 0) is 6.42 Å². The number of benzene rings is 2. The van der Waals surface area contributed by atoms with Crippen molar-refractivity contribution in [2.75, 3.05) is 6.61 Å². The molecule has 3 rings (SSSR count). The van der Waals surface area contributed by atoms with Gasteiger partial charge in [0.2, 0.25) is 0 Å². The number of ether oxygens (including phenoxy) is 1. The van der Waals surface area contributed by atoms with Crippen LogP contribution in [0.5, 0.6) is 5.75 Å². The molecule has 0 aliphatic carbocycles. The van der Waals surface area contributed by atoms with Crippen LogP contribution in [-0.4, -0.2) is 6.61 Å². The highest BCUT2D eigenvalue weighted by Gasteiger charge is 2.18. The van der Waals surface area contributed by atoms with Crippen LogP contribution in [0.25, 0.3) is 0 Å². The molecule has 1 unspecified atom stereocenters. The fraction of sp³-hybridized carbons (Fsp3) is 0.250. The lowest BCUT2D eigenvalue weighted by molar-refractivity contribution is 0.288. The Morgan fingerprint density at radius 3 is 2.85 bits per heavy atom. The van der Waals surface area contributed by atoms with Gasteiger partial charge >= 0.3 is 0 Å². The van der Waals surface area contributed by atoms with Crippen molar-refractivity contribution in [2.24, 2.45) is 0 Å². The van der Waals surface area contributed by atoms with E-state index in [0.717, 1.165) is 36.3 Å². The summed E-state index contributed by atoms with van der Waals surface area (Å²) in [4.78, 5) is 0. The fourth-order valence-electron chi connectivity index (χ4n) is 2.43. The summed E-state index contributed by atoms with van der Waals surface area (Å²) in [5.74, 6) is 0.554. The SMILES string of the molecule is Fc1ccc(Cl)cc1C(Cl)c1ccc2c(c1)CCCO2. The predicted octanol–water partition coefficient (Wildman–Crippen LogP) is 5.13. The van der Waals surface area contributed by atoms with Crippen LogP contribution in [0, 0.1) is 5.82 Å². The molecular weight excluding hydrogens is 298 g/mol. The summed E-state index contributed by atoms with van der Waals surface area (Å²) in [6.45, 7) is 0.750. The van der Waals surface area contributed by atoms with Gasteiger partial charge in [-0.3, -0.25) is 0 Å². The number of rotatable bonds is 2. The third kappa shape index (κ3) is 2.63. The van der Waals surface area contributed by atoms with E-state index in [9.17, 15) is 4.39 Å². The number of halogens is 3. The topological polar surface area (TPSA) is 9.23 Å². The first-order valence-corrected chi connectivity index (χ1v) is 7.31. The summed E-state index contributed by atoms with van der Waals surface area (Å²) in [7, 11) is 0. The van der Waals surface area contributed by atoms with E-state index in [2.05, 4.69) is 0 Å². The minimum absolute atomic E-state index is 0.344. The minimum atomic E-state index is -0.555. The zero-order valence-electron chi connectivity index (χ0n) is 10.7. The maximum Gasteiger partial charge on any atom is 0.128 e. The van der Waals surface area contributed by atoms with Gasteiger partial charge in [-0.15, -0.1) is 11.6 Å². The number of fused-ring (bicyclic) bond motifs is 1. The van der Waals surface area contributed by atoms with E-state index in [0.29, 0.717) is 10.6 Å². The lowest BCUT2D eigenvalue weighted by atomic mass is 9.98. The number of alkyl halides is 1. The summed E-state index contributed by atoms with van der Waals surface area (Å²) in [6.07, 6.45) is 1.96. The molecule has 0 fully saturated rings. The van der Waals surface area contributed by atoms with Crippen molar-refractivity contribution in [1.29, 1.82) is 0 Å². The van der Waals surface area contributed by atoms with E-state index >= 15 is 0 Å². The molecule has 0 saturated carbocycles. The van der Waals surface area contributed by atoms with Crippen molar-refractivity contribution < 1.29 is 9.13 Å². The molecule has 0 saturated heterocycles. The number of hydrogen-bond acceptors (Lipinski definition) is 1. The average molecular weight is 311 g/mol. The lowest BCUT2D eigenvalue weighted by Crippen LogP contribution is -2.09. The van der Waals surface area contributed by atoms with Crippen LogP contribution >= 0.6 is 23.2 Å². The van der Waals surface area contributed by atoms with Gasteiger partial charge in [0, 0.05) is 10.6 Å². The van der Waals surface area contributed by atoms with Gasteiger partial charge in [0.1, 0.15) is 11.6 Å². The second kappa shape index (κ2) is 5.63. The molecule has 0 bridgehead atoms. The molecule has 0 aromatic heterocycles. The maximum atomic E-state index is 13.9. The molecule has 20 heavy (non-hydrogen) atoms. The average Bonchev–Trinajstić information content (AvgIpc) is 2.48. The van der Waals surface area contributed by atoms with Crippen molar-refractivity contribution in [3.8, 4) is 5.75 Å². The van der Waals surface area contributed by atoms with E-state index in [1.54, 1.807) is 6.07 Å². The highest BCUT2D eigenvalue weighted by atomic mass is 35.5. The van der Waals surface area contributed by atoms with Crippen LogP contribution in [0.2, 0.25) is 5.02 Å². The first kappa shape index (κ1) is 13.7. The van der Waals surface area contributed by atoms with Crippen LogP contribution in [0.4, 0.5) is 4.39 Å². The fourth-order valence-corrected chi connectivity index (χ4v) is 2.91. The Morgan fingerprint density at radius 2 is 2.00 bits per heavy atom. The van der Waals surface area contributed by atoms with Crippen molar-refractivity contribution >= 4 is 23.2 Å². The van der Waals surface area contributed by atoms with E-state index in [4.69, 9.17) is 27.9 Å². The quantitative estimate of drug-likeness (QED) is 0.698. The van der Waals surface area contributed by atoms with Gasteiger partial charge < -0.3 is 4.74 Å². The Bertz CT molecular complexity index is 642. The second-order valence-electron chi connectivity index (χ2n) is 4.85. The van der Waals surface area contributed by atoms with E-state index < -0.39 is 5.38 Å². The van der Waals surface area contributed by atoms with Gasteiger partial charge in [-0.05, 0) is 48.2 Å². The third-order valence-corrected chi connectivity index (χ3v) is 4.18. The normalized spacial score (nSPS) is 15.3. The predicted molar refractivity (Wildman–Crippen MR) is 79.4 cm³/mol. The monoisotopic (exact) mass is 310 g/mol. The van der Waals surface area contributed by atoms with E-state index in [1.807, 2.05) is 18.2 Å². The molecule has 1 aliphatic heterocycles. The Labute approximate surface area is 127 Å². The smallest absolute Gasteiger partial charge is 0.128 e. The molecule has 1 heterocycles. The second-order valence-corrected chi connectivity index (χ2v) is 5.72. The molecular formula is C16H13Cl2FO. The van der Waals surface area contributed by atoms with Crippen molar-refractivity contribution in [1.82, 2.24) is 0 Å². The Kier molecular flexibility index (Phi) is 3.86. The Balaban J connectivity index is 1.97. The van der Waals surface area contributed by atoms with E-state index in [-0.39, 0.29) is 5.82 Å². The third-order valence-electron chi connectivity index (χ3n) is 3.46. The molecule has 0 radical (unpaired) electrons. The first-order chi connectivity index (χ1) is 9.65. The Morgan fingerprint density at radius 1 is 1.15 bits per heavy atom. The standard InChI is InChI=1S/C16H13Cl2FO/c17-12-4-5-14(19)13(9-12)16(18)11-3-6-15-10(8-11)2-1-7-20-15/h3-6,8-9,16H,1-2,7H2. The van der Waals surface area contributed by atoms with Crippen molar-refractivity contribution in [2.45, 2.75) is 18.2 Å². The number of aryl methyl sites for hydroxylation is 1. The summed E-state index contributed by atoms with van der Waals surface area (Å²) in [5.41, 5.74) is 2.38.